The van der Waals surface area contributed by atoms with Gasteiger partial charge in [-0.1, -0.05) is 0 Å². The van der Waals surface area contributed by atoms with Crippen LogP contribution in [0.2, 0.25) is 0 Å². The van der Waals surface area contributed by atoms with E-state index in [0.29, 0.717) is 22.2 Å². The minimum absolute atomic E-state index is 0.308. The Morgan fingerprint density at radius 2 is 1.90 bits per heavy atom. The lowest BCUT2D eigenvalue weighted by atomic mass is 10.1. The molecule has 0 saturated carbocycles. The van der Waals surface area contributed by atoms with E-state index in [0.717, 1.165) is 12.3 Å². The number of pyridine rings is 3. The Hall–Kier alpha value is -2.70. The van der Waals surface area contributed by atoms with Crippen molar-refractivity contribution in [3.8, 4) is 11.3 Å². The van der Waals surface area contributed by atoms with Crippen molar-refractivity contribution in [3.05, 3.63) is 58.8 Å². The molecule has 7 heteroatoms. The fourth-order valence-corrected chi connectivity index (χ4v) is 2.00. The van der Waals surface area contributed by atoms with E-state index in [1.54, 1.807) is 12.1 Å². The van der Waals surface area contributed by atoms with Gasteiger partial charge >= 0.3 is 6.18 Å². The van der Waals surface area contributed by atoms with E-state index >= 15 is 0 Å². The molecule has 0 saturated heterocycles. The zero-order valence-corrected chi connectivity index (χ0v) is 10.5. The van der Waals surface area contributed by atoms with Crippen molar-refractivity contribution in [2.24, 2.45) is 0 Å². The molecule has 0 aromatic carbocycles. The minimum Gasteiger partial charge on any atom is -0.328 e. The Labute approximate surface area is 116 Å². The molecule has 0 amide bonds. The van der Waals surface area contributed by atoms with E-state index in [1.807, 2.05) is 0 Å². The van der Waals surface area contributed by atoms with E-state index in [9.17, 15) is 18.0 Å². The lowest BCUT2D eigenvalue weighted by Gasteiger charge is -2.08. The number of rotatable bonds is 1. The summed E-state index contributed by atoms with van der Waals surface area (Å²) in [6, 6.07) is 5.41. The molecule has 0 spiro atoms. The van der Waals surface area contributed by atoms with Gasteiger partial charge in [-0.15, -0.1) is 0 Å². The van der Waals surface area contributed by atoms with Crippen LogP contribution in [0.3, 0.4) is 0 Å². The molecule has 0 aliphatic heterocycles. The van der Waals surface area contributed by atoms with Crippen molar-refractivity contribution in [2.45, 2.75) is 6.18 Å². The van der Waals surface area contributed by atoms with E-state index in [-0.39, 0.29) is 5.56 Å². The summed E-state index contributed by atoms with van der Waals surface area (Å²) in [5.74, 6) is 0. The summed E-state index contributed by atoms with van der Waals surface area (Å²) in [7, 11) is 0. The van der Waals surface area contributed by atoms with Crippen LogP contribution in [-0.2, 0) is 6.18 Å². The molecule has 3 heterocycles. The fourth-order valence-electron chi connectivity index (χ4n) is 2.00. The highest BCUT2D eigenvalue weighted by molar-refractivity contribution is 5.91. The van der Waals surface area contributed by atoms with Gasteiger partial charge in [0, 0.05) is 24.2 Å². The van der Waals surface area contributed by atoms with E-state index < -0.39 is 11.7 Å². The SMILES string of the molecule is O=c1[nH]cc(-c2ccc(C(F)(F)F)cn2)c2ncccc12. The maximum Gasteiger partial charge on any atom is 0.417 e. The number of nitrogens with one attached hydrogen (secondary N) is 1. The molecule has 0 radical (unpaired) electrons. The number of hydrogen-bond acceptors (Lipinski definition) is 3. The second kappa shape index (κ2) is 4.69. The molecule has 1 N–H and O–H groups in total. The summed E-state index contributed by atoms with van der Waals surface area (Å²) >= 11 is 0. The second-order valence-electron chi connectivity index (χ2n) is 4.36. The third-order valence-corrected chi connectivity index (χ3v) is 3.02. The van der Waals surface area contributed by atoms with Gasteiger partial charge in [-0.2, -0.15) is 13.2 Å². The minimum atomic E-state index is -4.43. The number of H-pyrrole nitrogens is 1. The van der Waals surface area contributed by atoms with Gasteiger partial charge in [0.1, 0.15) is 0 Å². The van der Waals surface area contributed by atoms with E-state index in [4.69, 9.17) is 0 Å². The first-order chi connectivity index (χ1) is 9.97. The van der Waals surface area contributed by atoms with Crippen LogP contribution in [0.4, 0.5) is 13.2 Å². The largest absolute Gasteiger partial charge is 0.417 e. The molecule has 4 nitrogen and oxygen atoms in total. The Morgan fingerprint density at radius 1 is 1.10 bits per heavy atom. The predicted molar refractivity (Wildman–Crippen MR) is 70.6 cm³/mol. The van der Waals surface area contributed by atoms with Crippen molar-refractivity contribution >= 4 is 10.9 Å². The smallest absolute Gasteiger partial charge is 0.328 e. The highest BCUT2D eigenvalue weighted by Crippen LogP contribution is 2.30. The van der Waals surface area contributed by atoms with Gasteiger partial charge in [-0.25, -0.2) is 0 Å². The first-order valence-corrected chi connectivity index (χ1v) is 5.97. The Morgan fingerprint density at radius 3 is 2.57 bits per heavy atom. The van der Waals surface area contributed by atoms with Crippen LogP contribution in [0, 0.1) is 0 Å². The van der Waals surface area contributed by atoms with Crippen molar-refractivity contribution in [1.82, 2.24) is 15.0 Å². The summed E-state index contributed by atoms with van der Waals surface area (Å²) in [5.41, 5.74) is 0.0390. The topological polar surface area (TPSA) is 58.6 Å². The van der Waals surface area contributed by atoms with Crippen LogP contribution in [0.1, 0.15) is 5.56 Å². The number of hydrogen-bond donors (Lipinski definition) is 1. The number of alkyl halides is 3. The molecule has 0 aliphatic carbocycles. The van der Waals surface area contributed by atoms with Crippen LogP contribution in [0.15, 0.2) is 47.7 Å². The van der Waals surface area contributed by atoms with Crippen LogP contribution in [-0.4, -0.2) is 15.0 Å². The van der Waals surface area contributed by atoms with Crippen LogP contribution in [0.5, 0.6) is 0 Å². The van der Waals surface area contributed by atoms with Gasteiger partial charge in [0.25, 0.3) is 5.56 Å². The third-order valence-electron chi connectivity index (χ3n) is 3.02. The molecular formula is C14H8F3N3O. The summed E-state index contributed by atoms with van der Waals surface area (Å²) < 4.78 is 37.6. The number of halogens is 3. The molecule has 0 aliphatic rings. The van der Waals surface area contributed by atoms with Crippen LogP contribution < -0.4 is 5.56 Å². The molecule has 0 atom stereocenters. The van der Waals surface area contributed by atoms with Gasteiger partial charge in [0.05, 0.1) is 22.2 Å². The van der Waals surface area contributed by atoms with Gasteiger partial charge in [-0.05, 0) is 24.3 Å². The maximum atomic E-state index is 12.5. The maximum absolute atomic E-state index is 12.5. The molecule has 106 valence electrons. The summed E-state index contributed by atoms with van der Waals surface area (Å²) in [4.78, 5) is 22.1. The quantitative estimate of drug-likeness (QED) is 0.749. The number of aromatic nitrogens is 3. The van der Waals surface area contributed by atoms with Crippen molar-refractivity contribution in [3.63, 3.8) is 0 Å². The number of fused-ring (bicyclic) bond motifs is 1. The molecule has 0 bridgehead atoms. The second-order valence-corrected chi connectivity index (χ2v) is 4.36. The molecule has 3 rings (SSSR count). The fraction of sp³-hybridized carbons (Fsp3) is 0.0714. The van der Waals surface area contributed by atoms with E-state index in [2.05, 4.69) is 15.0 Å². The Bertz CT molecular complexity index is 854. The molecular weight excluding hydrogens is 283 g/mol. The molecule has 3 aromatic heterocycles. The molecule has 21 heavy (non-hydrogen) atoms. The summed E-state index contributed by atoms with van der Waals surface area (Å²) in [6.07, 6.45) is -0.769. The Balaban J connectivity index is 2.17. The number of aromatic amines is 1. The lowest BCUT2D eigenvalue weighted by molar-refractivity contribution is -0.137. The zero-order valence-electron chi connectivity index (χ0n) is 10.5. The molecule has 0 fully saturated rings. The standard InChI is InChI=1S/C14H8F3N3O/c15-14(16,17)8-3-4-11(19-6-8)10-7-20-13(21)9-2-1-5-18-12(9)10/h1-7H,(H,20,21). The highest BCUT2D eigenvalue weighted by atomic mass is 19.4. The average molecular weight is 291 g/mol. The molecule has 3 aromatic rings. The highest BCUT2D eigenvalue weighted by Gasteiger charge is 2.30. The van der Waals surface area contributed by atoms with E-state index in [1.165, 1.54) is 18.5 Å². The first-order valence-electron chi connectivity index (χ1n) is 5.97. The summed E-state index contributed by atoms with van der Waals surface area (Å²) in [6.45, 7) is 0. The van der Waals surface area contributed by atoms with Crippen molar-refractivity contribution in [2.75, 3.05) is 0 Å². The van der Waals surface area contributed by atoms with Gasteiger partial charge in [-0.3, -0.25) is 14.8 Å². The van der Waals surface area contributed by atoms with Crippen molar-refractivity contribution in [1.29, 1.82) is 0 Å². The number of nitrogens with zero attached hydrogens (tertiary/aromatic N) is 2. The van der Waals surface area contributed by atoms with Crippen LogP contribution in [0.25, 0.3) is 22.2 Å². The average Bonchev–Trinajstić information content (AvgIpc) is 2.47. The van der Waals surface area contributed by atoms with Crippen molar-refractivity contribution < 1.29 is 13.2 Å². The lowest BCUT2D eigenvalue weighted by Crippen LogP contribution is -2.08. The normalized spacial score (nSPS) is 11.8. The zero-order chi connectivity index (χ0) is 15.0. The summed E-state index contributed by atoms with van der Waals surface area (Å²) in [5, 5.41) is 0.358. The molecule has 0 unspecified atom stereocenters. The van der Waals surface area contributed by atoms with Crippen LogP contribution >= 0.6 is 0 Å². The first kappa shape index (κ1) is 13.3. The predicted octanol–water partition coefficient (Wildman–Crippen LogP) is 3.00. The third kappa shape index (κ3) is 2.37. The van der Waals surface area contributed by atoms with Gasteiger partial charge in [0.15, 0.2) is 0 Å². The van der Waals surface area contributed by atoms with Gasteiger partial charge in [0.2, 0.25) is 0 Å². The van der Waals surface area contributed by atoms with Gasteiger partial charge < -0.3 is 4.98 Å². The monoisotopic (exact) mass is 291 g/mol. The Kier molecular flexibility index (Phi) is 2.97.